The summed E-state index contributed by atoms with van der Waals surface area (Å²) in [7, 11) is -3.87. The average molecular weight is 354 g/mol. The first-order chi connectivity index (χ1) is 11.0. The lowest BCUT2D eigenvalue weighted by Gasteiger charge is -2.20. The van der Waals surface area contributed by atoms with E-state index in [2.05, 4.69) is 76.4 Å². The molecule has 0 heterocycles. The van der Waals surface area contributed by atoms with Crippen LogP contribution in [0.2, 0.25) is 0 Å². The van der Waals surface area contributed by atoms with E-state index >= 15 is 0 Å². The van der Waals surface area contributed by atoms with E-state index in [4.69, 9.17) is 4.55 Å². The first kappa shape index (κ1) is 20.9. The van der Waals surface area contributed by atoms with E-state index < -0.39 is 10.1 Å². The summed E-state index contributed by atoms with van der Waals surface area (Å²) in [5.41, 5.74) is 2.61. The second-order valence-corrected chi connectivity index (χ2v) is 9.17. The van der Waals surface area contributed by atoms with Gasteiger partial charge in [-0.15, -0.1) is 0 Å². The highest BCUT2D eigenvalue weighted by molar-refractivity contribution is 7.85. The van der Waals surface area contributed by atoms with Gasteiger partial charge in [0.05, 0.1) is 5.75 Å². The minimum absolute atomic E-state index is 0.150. The van der Waals surface area contributed by atoms with Crippen LogP contribution in [0, 0.1) is 5.92 Å². The molecule has 0 aliphatic rings. The minimum atomic E-state index is -3.87. The van der Waals surface area contributed by atoms with Crippen molar-refractivity contribution in [1.29, 1.82) is 0 Å². The summed E-state index contributed by atoms with van der Waals surface area (Å²) < 4.78 is 30.2. The van der Waals surface area contributed by atoms with Gasteiger partial charge in [0.1, 0.15) is 0 Å². The molecule has 0 amide bonds. The molecular formula is C19H31NO3S. The van der Waals surface area contributed by atoms with Crippen molar-refractivity contribution in [3.63, 3.8) is 0 Å². The molecule has 0 bridgehead atoms. The van der Waals surface area contributed by atoms with Gasteiger partial charge in [0.2, 0.25) is 0 Å². The van der Waals surface area contributed by atoms with Gasteiger partial charge >= 0.3 is 0 Å². The largest absolute Gasteiger partial charge is 0.310 e. The Hall–Kier alpha value is -1.17. The summed E-state index contributed by atoms with van der Waals surface area (Å²) in [5.74, 6) is 0.184. The van der Waals surface area contributed by atoms with Crippen LogP contribution in [0.15, 0.2) is 30.3 Å². The standard InChI is InChI=1S/C19H31NO3S/c1-15(2)18(20-13-6-14-24(21,22)23)12-9-16-7-10-17(11-8-16)19(3,4)5/h7-12,15,18,20H,6,13-14H2,1-5H3,(H,21,22,23)/t18-/m1/s1. The van der Waals surface area contributed by atoms with Crippen LogP contribution >= 0.6 is 0 Å². The molecule has 0 saturated heterocycles. The first-order valence-electron chi connectivity index (χ1n) is 8.46. The normalized spacial score (nSPS) is 14.5. The van der Waals surface area contributed by atoms with E-state index in [1.54, 1.807) is 0 Å². The molecule has 5 heteroatoms. The average Bonchev–Trinajstić information content (AvgIpc) is 2.44. The molecule has 4 nitrogen and oxygen atoms in total. The Balaban J connectivity index is 2.62. The van der Waals surface area contributed by atoms with Gasteiger partial charge < -0.3 is 5.32 Å². The number of rotatable bonds is 8. The fourth-order valence-corrected chi connectivity index (χ4v) is 2.87. The molecule has 0 spiro atoms. The monoisotopic (exact) mass is 353 g/mol. The van der Waals surface area contributed by atoms with Gasteiger partial charge in [-0.1, -0.05) is 71.0 Å². The molecule has 0 saturated carbocycles. The highest BCUT2D eigenvalue weighted by Gasteiger charge is 2.13. The number of nitrogens with one attached hydrogen (secondary N) is 1. The van der Waals surface area contributed by atoms with Crippen LogP contribution in [0.4, 0.5) is 0 Å². The molecule has 24 heavy (non-hydrogen) atoms. The fourth-order valence-electron chi connectivity index (χ4n) is 2.36. The van der Waals surface area contributed by atoms with E-state index in [1.165, 1.54) is 5.56 Å². The molecule has 1 rings (SSSR count). The summed E-state index contributed by atoms with van der Waals surface area (Å²) in [6, 6.07) is 8.71. The summed E-state index contributed by atoms with van der Waals surface area (Å²) in [4.78, 5) is 0. The van der Waals surface area contributed by atoms with Crippen LogP contribution in [-0.2, 0) is 15.5 Å². The van der Waals surface area contributed by atoms with Crippen LogP contribution in [0.1, 0.15) is 52.2 Å². The van der Waals surface area contributed by atoms with Crippen LogP contribution in [0.25, 0.3) is 6.08 Å². The lowest BCUT2D eigenvalue weighted by Crippen LogP contribution is -2.33. The molecule has 136 valence electrons. The Labute approximate surface area is 147 Å². The molecule has 0 aliphatic heterocycles. The maximum absolute atomic E-state index is 10.7. The quantitative estimate of drug-likeness (QED) is 0.550. The van der Waals surface area contributed by atoms with Gasteiger partial charge in [0.15, 0.2) is 0 Å². The lowest BCUT2D eigenvalue weighted by molar-refractivity contribution is 0.456. The van der Waals surface area contributed by atoms with Crippen molar-refractivity contribution in [1.82, 2.24) is 5.32 Å². The molecule has 0 aliphatic carbocycles. The number of benzene rings is 1. The van der Waals surface area contributed by atoms with E-state index in [0.29, 0.717) is 18.9 Å². The van der Waals surface area contributed by atoms with Gasteiger partial charge in [-0.25, -0.2) is 0 Å². The highest BCUT2D eigenvalue weighted by Crippen LogP contribution is 2.22. The SMILES string of the molecule is CC(C)[C@@H](C=Cc1ccc(C(C)(C)C)cc1)NCCCS(=O)(=O)O. The zero-order chi connectivity index (χ0) is 18.4. The van der Waals surface area contributed by atoms with E-state index in [9.17, 15) is 8.42 Å². The van der Waals surface area contributed by atoms with Crippen molar-refractivity contribution < 1.29 is 13.0 Å². The molecule has 0 unspecified atom stereocenters. The summed E-state index contributed by atoms with van der Waals surface area (Å²) in [5, 5.41) is 3.34. The van der Waals surface area contributed by atoms with Crippen LogP contribution in [0.3, 0.4) is 0 Å². The smallest absolute Gasteiger partial charge is 0.264 e. The van der Waals surface area contributed by atoms with Crippen LogP contribution < -0.4 is 5.32 Å². The van der Waals surface area contributed by atoms with Crippen molar-refractivity contribution in [2.24, 2.45) is 5.92 Å². The Morgan fingerprint density at radius 1 is 1.17 bits per heavy atom. The summed E-state index contributed by atoms with van der Waals surface area (Å²) in [6.45, 7) is 11.4. The third kappa shape index (κ3) is 8.08. The molecule has 0 aromatic heterocycles. The van der Waals surface area contributed by atoms with E-state index in [0.717, 1.165) is 5.56 Å². The maximum Gasteiger partial charge on any atom is 0.264 e. The molecule has 1 aromatic carbocycles. The Morgan fingerprint density at radius 3 is 2.21 bits per heavy atom. The zero-order valence-electron chi connectivity index (χ0n) is 15.4. The predicted octanol–water partition coefficient (Wildman–Crippen LogP) is 3.89. The van der Waals surface area contributed by atoms with Crippen molar-refractivity contribution >= 4 is 16.2 Å². The van der Waals surface area contributed by atoms with Crippen molar-refractivity contribution in [3.8, 4) is 0 Å². The Kier molecular flexibility index (Phi) is 7.64. The molecule has 1 atom stereocenters. The number of hydrogen-bond acceptors (Lipinski definition) is 3. The molecular weight excluding hydrogens is 322 g/mol. The van der Waals surface area contributed by atoms with Crippen molar-refractivity contribution in [2.75, 3.05) is 12.3 Å². The van der Waals surface area contributed by atoms with Crippen molar-refractivity contribution in [2.45, 2.75) is 52.5 Å². The number of hydrogen-bond donors (Lipinski definition) is 2. The summed E-state index contributed by atoms with van der Waals surface area (Å²) >= 11 is 0. The van der Waals surface area contributed by atoms with Gasteiger partial charge in [-0.3, -0.25) is 4.55 Å². The highest BCUT2D eigenvalue weighted by atomic mass is 32.2. The van der Waals surface area contributed by atoms with Crippen molar-refractivity contribution in [3.05, 3.63) is 41.5 Å². The topological polar surface area (TPSA) is 66.4 Å². The van der Waals surface area contributed by atoms with Gasteiger partial charge in [0, 0.05) is 6.04 Å². The van der Waals surface area contributed by atoms with Crippen LogP contribution in [-0.4, -0.2) is 31.3 Å². The molecule has 2 N–H and O–H groups in total. The maximum atomic E-state index is 10.7. The first-order valence-corrected chi connectivity index (χ1v) is 10.1. The summed E-state index contributed by atoms with van der Waals surface area (Å²) in [6.07, 6.45) is 4.60. The van der Waals surface area contributed by atoms with Crippen LogP contribution in [0.5, 0.6) is 0 Å². The van der Waals surface area contributed by atoms with E-state index in [1.807, 2.05) is 0 Å². The fraction of sp³-hybridized carbons (Fsp3) is 0.579. The van der Waals surface area contributed by atoms with Gasteiger partial charge in [-0.05, 0) is 35.4 Å². The second kappa shape index (κ2) is 8.79. The minimum Gasteiger partial charge on any atom is -0.310 e. The molecule has 1 aromatic rings. The van der Waals surface area contributed by atoms with E-state index in [-0.39, 0.29) is 17.2 Å². The molecule has 0 fully saturated rings. The molecule has 0 radical (unpaired) electrons. The van der Waals surface area contributed by atoms with Gasteiger partial charge in [0.25, 0.3) is 10.1 Å². The third-order valence-corrected chi connectivity index (χ3v) is 4.75. The Bertz CT molecular complexity index is 626. The Morgan fingerprint density at radius 2 is 1.75 bits per heavy atom. The van der Waals surface area contributed by atoms with Gasteiger partial charge in [-0.2, -0.15) is 8.42 Å². The zero-order valence-corrected chi connectivity index (χ0v) is 16.2. The third-order valence-electron chi connectivity index (χ3n) is 3.95. The lowest BCUT2D eigenvalue weighted by atomic mass is 9.86. The second-order valence-electron chi connectivity index (χ2n) is 7.59. The predicted molar refractivity (Wildman–Crippen MR) is 102 cm³/mol.